The first-order chi connectivity index (χ1) is 8.74. The maximum Gasteiger partial charge on any atom is 0.223 e. The molecule has 0 fully saturated rings. The van der Waals surface area contributed by atoms with Crippen molar-refractivity contribution in [3.05, 3.63) is 52.8 Å². The Balaban J connectivity index is 1.87. The number of nitrogens with zero attached hydrogens (tertiary/aromatic N) is 2. The van der Waals surface area contributed by atoms with Gasteiger partial charge in [-0.3, -0.25) is 0 Å². The Morgan fingerprint density at radius 3 is 2.72 bits per heavy atom. The molecule has 0 spiro atoms. The second-order valence-corrected chi connectivity index (χ2v) is 4.85. The summed E-state index contributed by atoms with van der Waals surface area (Å²) in [5.74, 6) is 0.552. The highest BCUT2D eigenvalue weighted by atomic mass is 35.5. The maximum atomic E-state index is 6.16. The van der Waals surface area contributed by atoms with Crippen LogP contribution in [0, 0.1) is 0 Å². The number of nitrogens with two attached hydrogens (primary N) is 1. The van der Waals surface area contributed by atoms with Crippen molar-refractivity contribution >= 4 is 17.5 Å². The van der Waals surface area contributed by atoms with Gasteiger partial charge in [0.25, 0.3) is 0 Å². The molecule has 4 nitrogen and oxygen atoms in total. The molecule has 5 heteroatoms. The molecule has 1 aliphatic carbocycles. The highest BCUT2D eigenvalue weighted by Gasteiger charge is 2.29. The number of fused-ring (bicyclic) bond motifs is 1. The van der Waals surface area contributed by atoms with Gasteiger partial charge in [0, 0.05) is 6.04 Å². The van der Waals surface area contributed by atoms with E-state index < -0.39 is 0 Å². The summed E-state index contributed by atoms with van der Waals surface area (Å²) in [4.78, 5) is 8.28. The molecule has 0 saturated heterocycles. The Morgan fingerprint density at radius 2 is 1.94 bits per heavy atom. The fourth-order valence-corrected chi connectivity index (χ4v) is 2.43. The van der Waals surface area contributed by atoms with Crippen molar-refractivity contribution in [1.29, 1.82) is 0 Å². The van der Waals surface area contributed by atoms with E-state index in [2.05, 4.69) is 27.4 Å². The van der Waals surface area contributed by atoms with Gasteiger partial charge < -0.3 is 11.1 Å². The first-order valence-corrected chi connectivity index (χ1v) is 6.19. The SMILES string of the molecule is NC1Cc2ccccc2C1Nc1ncc(Cl)cn1. The van der Waals surface area contributed by atoms with Crippen LogP contribution in [0.1, 0.15) is 17.2 Å². The molecule has 0 bridgehead atoms. The summed E-state index contributed by atoms with van der Waals surface area (Å²) in [5.41, 5.74) is 8.68. The zero-order valence-electron chi connectivity index (χ0n) is 9.68. The number of nitrogens with one attached hydrogen (secondary N) is 1. The fraction of sp³-hybridized carbons (Fsp3) is 0.231. The largest absolute Gasteiger partial charge is 0.346 e. The predicted octanol–water partition coefficient (Wildman–Crippen LogP) is 2.17. The lowest BCUT2D eigenvalue weighted by molar-refractivity contribution is 0.621. The number of anilines is 1. The third kappa shape index (κ3) is 2.05. The van der Waals surface area contributed by atoms with E-state index in [0.717, 1.165) is 6.42 Å². The van der Waals surface area contributed by atoms with Gasteiger partial charge in [-0.1, -0.05) is 35.9 Å². The third-order valence-corrected chi connectivity index (χ3v) is 3.37. The quantitative estimate of drug-likeness (QED) is 0.869. The summed E-state index contributed by atoms with van der Waals surface area (Å²) >= 11 is 5.76. The lowest BCUT2D eigenvalue weighted by Gasteiger charge is -2.18. The molecule has 0 amide bonds. The standard InChI is InChI=1S/C13H13ClN4/c14-9-6-16-13(17-7-9)18-12-10-4-2-1-3-8(10)5-11(12)15/h1-4,6-7,11-12H,5,15H2,(H,16,17,18). The van der Waals surface area contributed by atoms with Crippen molar-refractivity contribution in [2.75, 3.05) is 5.32 Å². The molecule has 0 saturated carbocycles. The van der Waals surface area contributed by atoms with Gasteiger partial charge in [0.1, 0.15) is 0 Å². The van der Waals surface area contributed by atoms with Gasteiger partial charge in [0.05, 0.1) is 23.5 Å². The third-order valence-electron chi connectivity index (χ3n) is 3.18. The normalized spacial score (nSPS) is 21.7. The number of aromatic nitrogens is 2. The second-order valence-electron chi connectivity index (χ2n) is 4.41. The summed E-state index contributed by atoms with van der Waals surface area (Å²) in [6, 6.07) is 8.36. The van der Waals surface area contributed by atoms with Crippen LogP contribution in [0.2, 0.25) is 5.02 Å². The maximum absolute atomic E-state index is 6.16. The van der Waals surface area contributed by atoms with Crippen molar-refractivity contribution in [1.82, 2.24) is 9.97 Å². The summed E-state index contributed by atoms with van der Waals surface area (Å²) in [6.45, 7) is 0. The molecule has 0 radical (unpaired) electrons. The number of halogens is 1. The molecule has 0 aliphatic heterocycles. The van der Waals surface area contributed by atoms with Crippen LogP contribution in [-0.4, -0.2) is 16.0 Å². The van der Waals surface area contributed by atoms with Crippen LogP contribution in [0.4, 0.5) is 5.95 Å². The van der Waals surface area contributed by atoms with Crippen molar-refractivity contribution in [3.8, 4) is 0 Å². The van der Waals surface area contributed by atoms with Gasteiger partial charge in [0.15, 0.2) is 0 Å². The zero-order chi connectivity index (χ0) is 12.5. The fourth-order valence-electron chi connectivity index (χ4n) is 2.34. The number of hydrogen-bond donors (Lipinski definition) is 2. The topological polar surface area (TPSA) is 63.8 Å². The highest BCUT2D eigenvalue weighted by molar-refractivity contribution is 6.30. The van der Waals surface area contributed by atoms with E-state index in [9.17, 15) is 0 Å². The van der Waals surface area contributed by atoms with Crippen molar-refractivity contribution < 1.29 is 0 Å². The first kappa shape index (κ1) is 11.4. The van der Waals surface area contributed by atoms with E-state index in [4.69, 9.17) is 17.3 Å². The smallest absolute Gasteiger partial charge is 0.223 e. The lowest BCUT2D eigenvalue weighted by atomic mass is 10.1. The average Bonchev–Trinajstić information content (AvgIpc) is 2.69. The summed E-state index contributed by atoms with van der Waals surface area (Å²) < 4.78 is 0. The van der Waals surface area contributed by atoms with Crippen molar-refractivity contribution in [2.45, 2.75) is 18.5 Å². The monoisotopic (exact) mass is 260 g/mol. The van der Waals surface area contributed by atoms with E-state index in [1.54, 1.807) is 12.4 Å². The molecule has 2 aromatic rings. The zero-order valence-corrected chi connectivity index (χ0v) is 10.4. The molecule has 3 N–H and O–H groups in total. The molecular formula is C13H13ClN4. The minimum absolute atomic E-state index is 0.0432. The molecule has 1 aromatic carbocycles. The predicted molar refractivity (Wildman–Crippen MR) is 71.5 cm³/mol. The summed E-state index contributed by atoms with van der Waals surface area (Å²) in [6.07, 6.45) is 4.02. The molecular weight excluding hydrogens is 248 g/mol. The van der Waals surface area contributed by atoms with E-state index in [1.807, 2.05) is 12.1 Å². The minimum atomic E-state index is 0.0432. The molecule has 1 aliphatic rings. The van der Waals surface area contributed by atoms with Gasteiger partial charge in [-0.2, -0.15) is 0 Å². The first-order valence-electron chi connectivity index (χ1n) is 5.81. The Hall–Kier alpha value is -1.65. The van der Waals surface area contributed by atoms with Crippen LogP contribution in [-0.2, 0) is 6.42 Å². The average molecular weight is 261 g/mol. The van der Waals surface area contributed by atoms with Gasteiger partial charge in [-0.15, -0.1) is 0 Å². The van der Waals surface area contributed by atoms with Crippen LogP contribution in [0.25, 0.3) is 0 Å². The number of hydrogen-bond acceptors (Lipinski definition) is 4. The van der Waals surface area contributed by atoms with Gasteiger partial charge >= 0.3 is 0 Å². The molecule has 18 heavy (non-hydrogen) atoms. The Labute approximate surface area is 110 Å². The van der Waals surface area contributed by atoms with Crippen molar-refractivity contribution in [2.24, 2.45) is 5.73 Å². The Kier molecular flexibility index (Phi) is 2.89. The van der Waals surface area contributed by atoms with Crippen LogP contribution >= 0.6 is 11.6 Å². The summed E-state index contributed by atoms with van der Waals surface area (Å²) in [7, 11) is 0. The molecule has 1 heterocycles. The minimum Gasteiger partial charge on any atom is -0.346 e. The van der Waals surface area contributed by atoms with E-state index in [1.165, 1.54) is 11.1 Å². The van der Waals surface area contributed by atoms with Crippen LogP contribution < -0.4 is 11.1 Å². The van der Waals surface area contributed by atoms with Gasteiger partial charge in [-0.05, 0) is 17.5 Å². The van der Waals surface area contributed by atoms with Crippen LogP contribution in [0.15, 0.2) is 36.7 Å². The second kappa shape index (κ2) is 4.55. The van der Waals surface area contributed by atoms with Crippen LogP contribution in [0.5, 0.6) is 0 Å². The molecule has 1 aromatic heterocycles. The van der Waals surface area contributed by atoms with Crippen LogP contribution in [0.3, 0.4) is 0 Å². The van der Waals surface area contributed by atoms with Gasteiger partial charge in [-0.25, -0.2) is 9.97 Å². The highest BCUT2D eigenvalue weighted by Crippen LogP contribution is 2.32. The number of rotatable bonds is 2. The Morgan fingerprint density at radius 1 is 1.22 bits per heavy atom. The van der Waals surface area contributed by atoms with E-state index >= 15 is 0 Å². The number of benzene rings is 1. The summed E-state index contributed by atoms with van der Waals surface area (Å²) in [5, 5.41) is 3.79. The molecule has 2 atom stereocenters. The Bertz CT molecular complexity index is 555. The lowest BCUT2D eigenvalue weighted by Crippen LogP contribution is -2.30. The molecule has 2 unspecified atom stereocenters. The van der Waals surface area contributed by atoms with E-state index in [-0.39, 0.29) is 12.1 Å². The van der Waals surface area contributed by atoms with Gasteiger partial charge in [0.2, 0.25) is 5.95 Å². The molecule has 3 rings (SSSR count). The molecule has 92 valence electrons. The van der Waals surface area contributed by atoms with E-state index in [0.29, 0.717) is 11.0 Å². The van der Waals surface area contributed by atoms with Crippen molar-refractivity contribution in [3.63, 3.8) is 0 Å².